The first kappa shape index (κ1) is 8.35. The van der Waals surface area contributed by atoms with E-state index in [0.29, 0.717) is 5.56 Å². The van der Waals surface area contributed by atoms with Gasteiger partial charge in [0, 0.05) is 0 Å². The van der Waals surface area contributed by atoms with Gasteiger partial charge in [0.25, 0.3) is 0 Å². The number of benzene rings is 1. The summed E-state index contributed by atoms with van der Waals surface area (Å²) in [5, 5.41) is 2.57. The summed E-state index contributed by atoms with van der Waals surface area (Å²) in [6.07, 6.45) is 0. The van der Waals surface area contributed by atoms with Crippen molar-refractivity contribution in [2.45, 2.75) is 0 Å². The molecule has 1 rings (SSSR count). The molecule has 0 radical (unpaired) electrons. The van der Waals surface area contributed by atoms with Crippen molar-refractivity contribution >= 4 is 27.1 Å². The van der Waals surface area contributed by atoms with E-state index in [1.165, 1.54) is 4.35 Å². The van der Waals surface area contributed by atoms with Crippen LogP contribution in [0.2, 0.25) is 0 Å². The summed E-state index contributed by atoms with van der Waals surface area (Å²) in [6, 6.07) is 7.56. The van der Waals surface area contributed by atoms with Crippen molar-refractivity contribution in [3.05, 3.63) is 29.8 Å². The van der Waals surface area contributed by atoms with Crippen LogP contribution in [0.25, 0.3) is 0 Å². The van der Waals surface area contributed by atoms with E-state index >= 15 is 0 Å². The van der Waals surface area contributed by atoms with E-state index in [9.17, 15) is 4.79 Å². The van der Waals surface area contributed by atoms with Gasteiger partial charge < -0.3 is 0 Å². The fourth-order valence-electron chi connectivity index (χ4n) is 0.779. The SMILES string of the molecule is CNC(=O)c1ccc([AsH2])cc1. The fourth-order valence-corrected chi connectivity index (χ4v) is 1.18. The summed E-state index contributed by atoms with van der Waals surface area (Å²) in [6.45, 7) is 0. The summed E-state index contributed by atoms with van der Waals surface area (Å²) < 4.78 is 1.23. The fraction of sp³-hybridized carbons (Fsp3) is 0.125. The van der Waals surface area contributed by atoms with Gasteiger partial charge in [0.2, 0.25) is 0 Å². The second-order valence-corrected chi connectivity index (χ2v) is 3.60. The van der Waals surface area contributed by atoms with Crippen molar-refractivity contribution in [3.8, 4) is 0 Å². The number of nitrogens with one attached hydrogen (secondary N) is 1. The van der Waals surface area contributed by atoms with Crippen molar-refractivity contribution in [3.63, 3.8) is 0 Å². The quantitative estimate of drug-likeness (QED) is 0.612. The topological polar surface area (TPSA) is 29.1 Å². The Balaban J connectivity index is 2.90. The summed E-state index contributed by atoms with van der Waals surface area (Å²) in [7, 11) is 1.63. The molecule has 0 saturated carbocycles. The van der Waals surface area contributed by atoms with Crippen LogP contribution in [0.3, 0.4) is 0 Å². The zero-order valence-electron chi connectivity index (χ0n) is 6.29. The predicted octanol–water partition coefficient (Wildman–Crippen LogP) is -0.695. The van der Waals surface area contributed by atoms with Gasteiger partial charge in [-0.05, 0) is 0 Å². The first-order valence-electron chi connectivity index (χ1n) is 3.31. The van der Waals surface area contributed by atoms with Gasteiger partial charge in [-0.1, -0.05) is 0 Å². The van der Waals surface area contributed by atoms with Gasteiger partial charge in [-0.25, -0.2) is 0 Å². The van der Waals surface area contributed by atoms with E-state index in [1.807, 2.05) is 24.3 Å². The average molecular weight is 211 g/mol. The van der Waals surface area contributed by atoms with Crippen molar-refractivity contribution in [1.29, 1.82) is 0 Å². The third kappa shape index (κ3) is 2.09. The molecule has 1 amide bonds. The molecular weight excluding hydrogens is 201 g/mol. The molecule has 1 N–H and O–H groups in total. The number of rotatable bonds is 1. The second-order valence-electron chi connectivity index (χ2n) is 2.20. The monoisotopic (exact) mass is 211 g/mol. The summed E-state index contributed by atoms with van der Waals surface area (Å²) >= 11 is 1.56. The molecule has 0 aliphatic carbocycles. The first-order chi connectivity index (χ1) is 5.24. The Kier molecular flexibility index (Phi) is 2.72. The molecule has 1 aromatic carbocycles. The van der Waals surface area contributed by atoms with Gasteiger partial charge in [-0.3, -0.25) is 0 Å². The maximum absolute atomic E-state index is 11.0. The van der Waals surface area contributed by atoms with Gasteiger partial charge in [-0.2, -0.15) is 0 Å². The molecule has 0 fully saturated rings. The molecule has 1 atom stereocenters. The molecule has 0 aliphatic rings. The Morgan fingerprint density at radius 3 is 2.36 bits per heavy atom. The third-order valence-electron chi connectivity index (χ3n) is 1.40. The molecule has 1 aromatic rings. The van der Waals surface area contributed by atoms with E-state index in [1.54, 1.807) is 23.9 Å². The molecule has 58 valence electrons. The van der Waals surface area contributed by atoms with E-state index < -0.39 is 0 Å². The van der Waals surface area contributed by atoms with Crippen LogP contribution in [0.15, 0.2) is 24.3 Å². The first-order valence-corrected chi connectivity index (χ1v) is 4.53. The van der Waals surface area contributed by atoms with Gasteiger partial charge in [0.15, 0.2) is 0 Å². The molecular formula is C8H10AsNO. The Bertz CT molecular complexity index is 255. The summed E-state index contributed by atoms with van der Waals surface area (Å²) in [5.41, 5.74) is 0.717. The van der Waals surface area contributed by atoms with Crippen LogP contribution in [0.5, 0.6) is 0 Å². The Labute approximate surface area is 74.5 Å². The molecule has 3 heteroatoms. The van der Waals surface area contributed by atoms with E-state index in [0.717, 1.165) is 0 Å². The van der Waals surface area contributed by atoms with Crippen molar-refractivity contribution in [2.24, 2.45) is 0 Å². The van der Waals surface area contributed by atoms with Crippen LogP contribution in [0.4, 0.5) is 0 Å². The number of hydrogen-bond donors (Lipinski definition) is 1. The molecule has 11 heavy (non-hydrogen) atoms. The zero-order valence-corrected chi connectivity index (χ0v) is 8.72. The molecule has 2 nitrogen and oxygen atoms in total. The Morgan fingerprint density at radius 2 is 1.91 bits per heavy atom. The normalized spacial score (nSPS) is 9.27. The Hall–Kier alpha value is -0.752. The molecule has 0 saturated heterocycles. The van der Waals surface area contributed by atoms with Crippen LogP contribution in [-0.2, 0) is 0 Å². The molecule has 0 spiro atoms. The van der Waals surface area contributed by atoms with Crippen molar-refractivity contribution in [1.82, 2.24) is 5.32 Å². The zero-order chi connectivity index (χ0) is 8.27. The number of carbonyl (C=O) groups is 1. The number of carbonyl (C=O) groups excluding carboxylic acids is 1. The second kappa shape index (κ2) is 3.58. The number of amides is 1. The molecule has 0 aliphatic heterocycles. The summed E-state index contributed by atoms with van der Waals surface area (Å²) in [5.74, 6) is -0.0301. The molecule has 0 heterocycles. The van der Waals surface area contributed by atoms with Crippen LogP contribution in [-0.4, -0.2) is 29.8 Å². The minimum atomic E-state index is -0.0301. The standard InChI is InChI=1S/C8H10AsNO/c1-10-8(11)6-2-4-7(9)5-3-6/h2-5H,9H2,1H3,(H,10,11). The molecule has 0 aromatic heterocycles. The van der Waals surface area contributed by atoms with Crippen molar-refractivity contribution < 1.29 is 4.79 Å². The van der Waals surface area contributed by atoms with E-state index in [2.05, 4.69) is 5.32 Å². The van der Waals surface area contributed by atoms with E-state index in [-0.39, 0.29) is 5.91 Å². The number of hydrogen-bond acceptors (Lipinski definition) is 1. The van der Waals surface area contributed by atoms with Crippen LogP contribution in [0.1, 0.15) is 10.4 Å². The maximum atomic E-state index is 11.0. The van der Waals surface area contributed by atoms with Gasteiger partial charge in [0.1, 0.15) is 0 Å². The van der Waals surface area contributed by atoms with Crippen LogP contribution < -0.4 is 9.67 Å². The third-order valence-corrected chi connectivity index (χ3v) is 2.21. The van der Waals surface area contributed by atoms with Gasteiger partial charge in [-0.15, -0.1) is 0 Å². The van der Waals surface area contributed by atoms with E-state index in [4.69, 9.17) is 0 Å². The average Bonchev–Trinajstić information content (AvgIpc) is 2.05. The predicted molar refractivity (Wildman–Crippen MR) is 48.0 cm³/mol. The van der Waals surface area contributed by atoms with Gasteiger partial charge >= 0.3 is 74.1 Å². The van der Waals surface area contributed by atoms with Gasteiger partial charge in [0.05, 0.1) is 0 Å². The van der Waals surface area contributed by atoms with Crippen molar-refractivity contribution in [2.75, 3.05) is 7.05 Å². The molecule has 1 unspecified atom stereocenters. The van der Waals surface area contributed by atoms with Crippen LogP contribution in [0, 0.1) is 0 Å². The van der Waals surface area contributed by atoms with Crippen LogP contribution >= 0.6 is 0 Å². The molecule has 0 bridgehead atoms. The Morgan fingerprint density at radius 1 is 1.36 bits per heavy atom. The summed E-state index contributed by atoms with van der Waals surface area (Å²) in [4.78, 5) is 11.0. The minimum absolute atomic E-state index is 0.0301.